The van der Waals surface area contributed by atoms with E-state index in [2.05, 4.69) is 42.2 Å². The molecule has 1 heterocycles. The van der Waals surface area contributed by atoms with Gasteiger partial charge in [-0.3, -0.25) is 5.01 Å². The van der Waals surface area contributed by atoms with Gasteiger partial charge in [0, 0.05) is 5.56 Å². The summed E-state index contributed by atoms with van der Waals surface area (Å²) in [6.45, 7) is 9.52. The molecule has 1 N–H and O–H groups in total. The number of esters is 1. The number of aryl methyl sites for hydroxylation is 2. The van der Waals surface area contributed by atoms with Crippen molar-refractivity contribution in [2.45, 2.75) is 20.4 Å². The second-order valence-electron chi connectivity index (χ2n) is 7.17. The quantitative estimate of drug-likeness (QED) is 0.649. The molecule has 0 aliphatic carbocycles. The highest BCUT2D eigenvalue weighted by atomic mass is 16.5. The van der Waals surface area contributed by atoms with E-state index in [0.29, 0.717) is 5.56 Å². The van der Waals surface area contributed by atoms with Crippen molar-refractivity contribution in [3.05, 3.63) is 70.3 Å². The third-order valence-corrected chi connectivity index (χ3v) is 5.09. The molecule has 1 aliphatic rings. The predicted molar refractivity (Wildman–Crippen MR) is 107 cm³/mol. The Hall–Kier alpha value is -2.66. The number of nitrogens with one attached hydrogen (secondary N) is 1. The average molecular weight is 366 g/mol. The first-order valence-electron chi connectivity index (χ1n) is 9.42. The van der Waals surface area contributed by atoms with Crippen LogP contribution in [0.15, 0.2) is 47.6 Å². The van der Waals surface area contributed by atoms with Crippen molar-refractivity contribution in [2.24, 2.45) is 5.10 Å². The standard InChI is InChI=1S/C22H27N3O2/c1-17-4-7-21(18(2)14-17)16-24-10-12-25(13-11-24)23-15-19-5-8-20(9-6-19)22(26)27-3/h4-9,14-15H,10-13,16H2,1-3H3/p+1/b23-15+. The molecule has 1 aliphatic heterocycles. The van der Waals surface area contributed by atoms with Gasteiger partial charge in [-0.25, -0.2) is 4.79 Å². The molecule has 0 unspecified atom stereocenters. The normalized spacial score (nSPS) is 15.3. The molecular weight excluding hydrogens is 338 g/mol. The second kappa shape index (κ2) is 8.82. The maximum Gasteiger partial charge on any atom is 0.337 e. The lowest BCUT2D eigenvalue weighted by Gasteiger charge is -2.30. The summed E-state index contributed by atoms with van der Waals surface area (Å²) in [6.07, 6.45) is 1.86. The summed E-state index contributed by atoms with van der Waals surface area (Å²) in [5.74, 6) is -0.318. The van der Waals surface area contributed by atoms with Gasteiger partial charge in [-0.05, 0) is 37.1 Å². The molecule has 2 aromatic carbocycles. The fourth-order valence-corrected chi connectivity index (χ4v) is 3.39. The fourth-order valence-electron chi connectivity index (χ4n) is 3.39. The number of methoxy groups -OCH3 is 1. The van der Waals surface area contributed by atoms with Gasteiger partial charge in [0.05, 0.1) is 45.1 Å². The summed E-state index contributed by atoms with van der Waals surface area (Å²) < 4.78 is 4.71. The van der Waals surface area contributed by atoms with Crippen molar-refractivity contribution in [3.8, 4) is 0 Å². The SMILES string of the molecule is COC(=O)c1ccc(/C=N/N2CC[NH+](Cc3ccc(C)cc3C)CC2)cc1. The topological polar surface area (TPSA) is 46.3 Å². The van der Waals surface area contributed by atoms with Gasteiger partial charge in [0.2, 0.25) is 0 Å². The average Bonchev–Trinajstić information content (AvgIpc) is 2.69. The van der Waals surface area contributed by atoms with Gasteiger partial charge in [-0.2, -0.15) is 5.10 Å². The van der Waals surface area contributed by atoms with Crippen molar-refractivity contribution < 1.29 is 14.4 Å². The third-order valence-electron chi connectivity index (χ3n) is 5.09. The maximum absolute atomic E-state index is 11.5. The molecule has 0 spiro atoms. The van der Waals surface area contributed by atoms with Crippen LogP contribution in [0.25, 0.3) is 0 Å². The molecule has 0 bridgehead atoms. The van der Waals surface area contributed by atoms with Crippen molar-refractivity contribution >= 4 is 12.2 Å². The molecule has 27 heavy (non-hydrogen) atoms. The first-order chi connectivity index (χ1) is 13.0. The van der Waals surface area contributed by atoms with E-state index in [9.17, 15) is 4.79 Å². The molecule has 142 valence electrons. The van der Waals surface area contributed by atoms with Crippen LogP contribution in [-0.2, 0) is 11.3 Å². The Morgan fingerprint density at radius 2 is 1.85 bits per heavy atom. The Morgan fingerprint density at radius 3 is 2.48 bits per heavy atom. The summed E-state index contributed by atoms with van der Waals surface area (Å²) in [4.78, 5) is 13.1. The Bertz CT molecular complexity index is 807. The van der Waals surface area contributed by atoms with Crippen molar-refractivity contribution in [1.82, 2.24) is 5.01 Å². The minimum Gasteiger partial charge on any atom is -0.465 e. The highest BCUT2D eigenvalue weighted by Gasteiger charge is 2.19. The van der Waals surface area contributed by atoms with E-state index in [4.69, 9.17) is 4.74 Å². The van der Waals surface area contributed by atoms with Gasteiger partial charge < -0.3 is 9.64 Å². The summed E-state index contributed by atoms with van der Waals surface area (Å²) in [5.41, 5.74) is 5.69. The molecule has 0 amide bonds. The first-order valence-corrected chi connectivity index (χ1v) is 9.42. The lowest BCUT2D eigenvalue weighted by molar-refractivity contribution is -0.918. The Balaban J connectivity index is 1.50. The van der Waals surface area contributed by atoms with Crippen LogP contribution in [0.5, 0.6) is 0 Å². The van der Waals surface area contributed by atoms with Crippen LogP contribution in [-0.4, -0.2) is 50.5 Å². The van der Waals surface area contributed by atoms with Crippen molar-refractivity contribution in [1.29, 1.82) is 0 Å². The Kier molecular flexibility index (Phi) is 6.24. The summed E-state index contributed by atoms with van der Waals surface area (Å²) >= 11 is 0. The van der Waals surface area contributed by atoms with E-state index < -0.39 is 0 Å². The van der Waals surface area contributed by atoms with Gasteiger partial charge in [0.1, 0.15) is 6.54 Å². The molecular formula is C22H28N3O2+. The zero-order valence-corrected chi connectivity index (χ0v) is 16.4. The van der Waals surface area contributed by atoms with Gasteiger partial charge in [-0.15, -0.1) is 0 Å². The number of hydrogen-bond acceptors (Lipinski definition) is 4. The Morgan fingerprint density at radius 1 is 1.15 bits per heavy atom. The van der Waals surface area contributed by atoms with Crippen LogP contribution in [0, 0.1) is 13.8 Å². The van der Waals surface area contributed by atoms with Crippen LogP contribution in [0.1, 0.15) is 32.6 Å². The molecule has 5 heteroatoms. The lowest BCUT2D eigenvalue weighted by atomic mass is 10.1. The summed E-state index contributed by atoms with van der Waals surface area (Å²) in [7, 11) is 1.39. The molecule has 0 aromatic heterocycles. The molecule has 1 fully saturated rings. The summed E-state index contributed by atoms with van der Waals surface area (Å²) in [6, 6.07) is 14.0. The highest BCUT2D eigenvalue weighted by molar-refractivity contribution is 5.90. The number of nitrogens with zero attached hydrogens (tertiary/aromatic N) is 2. The van der Waals surface area contributed by atoms with Gasteiger partial charge in [-0.1, -0.05) is 35.9 Å². The van der Waals surface area contributed by atoms with Gasteiger partial charge >= 0.3 is 5.97 Å². The maximum atomic E-state index is 11.5. The van der Waals surface area contributed by atoms with E-state index in [1.807, 2.05) is 18.3 Å². The van der Waals surface area contributed by atoms with Crippen LogP contribution < -0.4 is 4.90 Å². The number of hydrazone groups is 1. The van der Waals surface area contributed by atoms with Crippen molar-refractivity contribution in [2.75, 3.05) is 33.3 Å². The number of hydrogen-bond donors (Lipinski definition) is 1. The third kappa shape index (κ3) is 5.17. The predicted octanol–water partition coefficient (Wildman–Crippen LogP) is 1.82. The molecule has 0 atom stereocenters. The fraction of sp³-hybridized carbons (Fsp3) is 0.364. The van der Waals surface area contributed by atoms with Crippen molar-refractivity contribution in [3.63, 3.8) is 0 Å². The molecule has 1 saturated heterocycles. The highest BCUT2D eigenvalue weighted by Crippen LogP contribution is 2.09. The molecule has 0 saturated carbocycles. The van der Waals surface area contributed by atoms with Crippen LogP contribution in [0.3, 0.4) is 0 Å². The number of quaternary nitrogens is 1. The zero-order valence-electron chi connectivity index (χ0n) is 16.4. The van der Waals surface area contributed by atoms with Crippen LogP contribution in [0.4, 0.5) is 0 Å². The van der Waals surface area contributed by atoms with Gasteiger partial charge in [0.15, 0.2) is 0 Å². The number of piperazine rings is 1. The number of ether oxygens (including phenoxy) is 1. The number of rotatable bonds is 5. The van der Waals surface area contributed by atoms with Crippen LogP contribution >= 0.6 is 0 Å². The smallest absolute Gasteiger partial charge is 0.337 e. The van der Waals surface area contributed by atoms with E-state index in [-0.39, 0.29) is 5.97 Å². The van der Waals surface area contributed by atoms with Gasteiger partial charge in [0.25, 0.3) is 0 Å². The lowest BCUT2D eigenvalue weighted by Crippen LogP contribution is -3.13. The molecule has 3 rings (SSSR count). The molecule has 5 nitrogen and oxygen atoms in total. The minimum absolute atomic E-state index is 0.318. The minimum atomic E-state index is -0.318. The number of carbonyl (C=O) groups is 1. The van der Waals surface area contributed by atoms with E-state index in [1.54, 1.807) is 17.0 Å². The first kappa shape index (κ1) is 19.1. The molecule has 0 radical (unpaired) electrons. The molecule has 2 aromatic rings. The number of carbonyl (C=O) groups excluding carboxylic acids is 1. The van der Waals surface area contributed by atoms with E-state index in [0.717, 1.165) is 38.3 Å². The number of benzene rings is 2. The Labute approximate surface area is 161 Å². The largest absolute Gasteiger partial charge is 0.465 e. The van der Waals surface area contributed by atoms with E-state index in [1.165, 1.54) is 23.8 Å². The van der Waals surface area contributed by atoms with Crippen LogP contribution in [0.2, 0.25) is 0 Å². The van der Waals surface area contributed by atoms with E-state index >= 15 is 0 Å². The second-order valence-corrected chi connectivity index (χ2v) is 7.17. The summed E-state index contributed by atoms with van der Waals surface area (Å²) in [5, 5.41) is 6.72. The monoisotopic (exact) mass is 366 g/mol. The zero-order chi connectivity index (χ0) is 19.2.